The van der Waals surface area contributed by atoms with E-state index in [4.69, 9.17) is 11.6 Å². The SMILES string of the molecule is O=C(CSc1nnc(-c2ccc(-c3ccccc3)cc2)n1C1CCCCC1)Nc1cccc(Cl)c1. The summed E-state index contributed by atoms with van der Waals surface area (Å²) in [6.07, 6.45) is 5.89. The fourth-order valence-electron chi connectivity index (χ4n) is 4.58. The van der Waals surface area contributed by atoms with Gasteiger partial charge in [-0.15, -0.1) is 10.2 Å². The van der Waals surface area contributed by atoms with Crippen molar-refractivity contribution in [3.8, 4) is 22.5 Å². The van der Waals surface area contributed by atoms with Gasteiger partial charge in [0.05, 0.1) is 5.75 Å². The fourth-order valence-corrected chi connectivity index (χ4v) is 5.57. The molecule has 0 unspecified atom stereocenters. The monoisotopic (exact) mass is 502 g/mol. The maximum atomic E-state index is 12.6. The number of anilines is 1. The molecule has 1 saturated carbocycles. The Kier molecular flexibility index (Phi) is 7.50. The van der Waals surface area contributed by atoms with Crippen LogP contribution in [0, 0.1) is 0 Å². The number of carbonyl (C=O) groups is 1. The van der Waals surface area contributed by atoms with E-state index in [1.165, 1.54) is 42.2 Å². The molecule has 5 rings (SSSR count). The number of rotatable bonds is 7. The minimum absolute atomic E-state index is 0.0933. The van der Waals surface area contributed by atoms with E-state index in [0.29, 0.717) is 16.8 Å². The van der Waals surface area contributed by atoms with E-state index in [1.54, 1.807) is 12.1 Å². The summed E-state index contributed by atoms with van der Waals surface area (Å²) in [5.41, 5.74) is 4.09. The zero-order chi connectivity index (χ0) is 24.0. The second kappa shape index (κ2) is 11.1. The van der Waals surface area contributed by atoms with Crippen molar-refractivity contribution >= 4 is 35.0 Å². The molecule has 0 spiro atoms. The predicted molar refractivity (Wildman–Crippen MR) is 144 cm³/mol. The molecule has 7 heteroatoms. The lowest BCUT2D eigenvalue weighted by Gasteiger charge is -2.25. The maximum Gasteiger partial charge on any atom is 0.234 e. The topological polar surface area (TPSA) is 59.8 Å². The van der Waals surface area contributed by atoms with Crippen molar-refractivity contribution in [1.29, 1.82) is 0 Å². The first-order chi connectivity index (χ1) is 17.2. The van der Waals surface area contributed by atoms with Gasteiger partial charge in [0.15, 0.2) is 11.0 Å². The van der Waals surface area contributed by atoms with Crippen molar-refractivity contribution in [1.82, 2.24) is 14.8 Å². The summed E-state index contributed by atoms with van der Waals surface area (Å²) in [6, 6.07) is 26.4. The predicted octanol–water partition coefficient (Wildman–Crippen LogP) is 7.50. The van der Waals surface area contributed by atoms with Crippen LogP contribution < -0.4 is 5.32 Å². The third-order valence-corrected chi connectivity index (χ3v) is 7.47. The normalized spacial score (nSPS) is 14.1. The van der Waals surface area contributed by atoms with Crippen LogP contribution in [-0.2, 0) is 4.79 Å². The Morgan fingerprint density at radius 2 is 1.60 bits per heavy atom. The Morgan fingerprint density at radius 1 is 0.886 bits per heavy atom. The van der Waals surface area contributed by atoms with Crippen molar-refractivity contribution in [2.75, 3.05) is 11.1 Å². The number of aromatic nitrogens is 3. The third kappa shape index (κ3) is 5.77. The molecule has 4 aromatic rings. The van der Waals surface area contributed by atoms with E-state index in [1.807, 2.05) is 18.2 Å². The molecule has 1 N–H and O–H groups in total. The first kappa shape index (κ1) is 23.6. The maximum absolute atomic E-state index is 12.6. The first-order valence-corrected chi connectivity index (χ1v) is 13.3. The van der Waals surface area contributed by atoms with Crippen LogP contribution in [0.4, 0.5) is 5.69 Å². The number of hydrogen-bond acceptors (Lipinski definition) is 4. The molecule has 1 aliphatic carbocycles. The average molecular weight is 503 g/mol. The van der Waals surface area contributed by atoms with Gasteiger partial charge in [-0.25, -0.2) is 0 Å². The van der Waals surface area contributed by atoms with Gasteiger partial charge >= 0.3 is 0 Å². The highest BCUT2D eigenvalue weighted by atomic mass is 35.5. The highest BCUT2D eigenvalue weighted by Gasteiger charge is 2.24. The van der Waals surface area contributed by atoms with Gasteiger partial charge < -0.3 is 5.32 Å². The Hall–Kier alpha value is -3.09. The lowest BCUT2D eigenvalue weighted by molar-refractivity contribution is -0.113. The van der Waals surface area contributed by atoms with Gasteiger partial charge in [0, 0.05) is 22.3 Å². The molecule has 0 saturated heterocycles. The molecule has 0 bridgehead atoms. The highest BCUT2D eigenvalue weighted by Crippen LogP contribution is 2.36. The standard InChI is InChI=1S/C28H27ClN4OS/c29-23-10-7-11-24(18-23)30-26(34)19-35-28-32-31-27(33(28)25-12-5-2-6-13-25)22-16-14-21(15-17-22)20-8-3-1-4-9-20/h1,3-4,7-11,14-18,25H,2,5-6,12-13,19H2,(H,30,34). The molecule has 3 aromatic carbocycles. The molecular weight excluding hydrogens is 476 g/mol. The molecule has 0 atom stereocenters. The van der Waals surface area contributed by atoms with E-state index in [2.05, 4.69) is 68.6 Å². The summed E-state index contributed by atoms with van der Waals surface area (Å²) >= 11 is 7.47. The minimum atomic E-state index is -0.0933. The molecule has 5 nitrogen and oxygen atoms in total. The molecule has 0 aliphatic heterocycles. The van der Waals surface area contributed by atoms with Crippen LogP contribution in [0.15, 0.2) is 84.0 Å². The summed E-state index contributed by atoms with van der Waals surface area (Å²) in [4.78, 5) is 12.6. The van der Waals surface area contributed by atoms with Gasteiger partial charge in [0.1, 0.15) is 0 Å². The van der Waals surface area contributed by atoms with Crippen molar-refractivity contribution < 1.29 is 4.79 Å². The van der Waals surface area contributed by atoms with Gasteiger partial charge in [-0.05, 0) is 42.2 Å². The third-order valence-electron chi connectivity index (χ3n) is 6.30. The second-order valence-electron chi connectivity index (χ2n) is 8.76. The molecule has 1 amide bonds. The molecule has 35 heavy (non-hydrogen) atoms. The minimum Gasteiger partial charge on any atom is -0.325 e. The van der Waals surface area contributed by atoms with Gasteiger partial charge in [-0.1, -0.05) is 103 Å². The average Bonchev–Trinajstić information content (AvgIpc) is 3.33. The van der Waals surface area contributed by atoms with E-state index in [9.17, 15) is 4.79 Å². The number of hydrogen-bond donors (Lipinski definition) is 1. The van der Waals surface area contributed by atoms with Crippen LogP contribution >= 0.6 is 23.4 Å². The molecular formula is C28H27ClN4OS. The second-order valence-corrected chi connectivity index (χ2v) is 10.1. The lowest BCUT2D eigenvalue weighted by Crippen LogP contribution is -2.17. The van der Waals surface area contributed by atoms with Gasteiger partial charge in [0.25, 0.3) is 0 Å². The van der Waals surface area contributed by atoms with Crippen LogP contribution in [0.5, 0.6) is 0 Å². The Balaban J connectivity index is 1.37. The molecule has 1 fully saturated rings. The van der Waals surface area contributed by atoms with Crippen LogP contribution in [-0.4, -0.2) is 26.4 Å². The van der Waals surface area contributed by atoms with E-state index < -0.39 is 0 Å². The van der Waals surface area contributed by atoms with Gasteiger partial charge in [-0.3, -0.25) is 9.36 Å². The quantitative estimate of drug-likeness (QED) is 0.266. The molecule has 1 aliphatic rings. The Bertz CT molecular complexity index is 1280. The van der Waals surface area contributed by atoms with Crippen molar-refractivity contribution in [3.63, 3.8) is 0 Å². The summed E-state index contributed by atoms with van der Waals surface area (Å²) in [7, 11) is 0. The smallest absolute Gasteiger partial charge is 0.234 e. The summed E-state index contributed by atoms with van der Waals surface area (Å²) in [5, 5.41) is 13.4. The van der Waals surface area contributed by atoms with E-state index in [-0.39, 0.29) is 11.7 Å². The molecule has 0 radical (unpaired) electrons. The number of benzene rings is 3. The van der Waals surface area contributed by atoms with Crippen molar-refractivity contribution in [2.24, 2.45) is 0 Å². The number of nitrogens with zero attached hydrogens (tertiary/aromatic N) is 3. The Morgan fingerprint density at radius 3 is 2.34 bits per heavy atom. The lowest BCUT2D eigenvalue weighted by atomic mass is 9.95. The molecule has 1 aromatic heterocycles. The zero-order valence-electron chi connectivity index (χ0n) is 19.4. The van der Waals surface area contributed by atoms with Crippen LogP contribution in [0.25, 0.3) is 22.5 Å². The summed E-state index contributed by atoms with van der Waals surface area (Å²) < 4.78 is 2.26. The highest BCUT2D eigenvalue weighted by molar-refractivity contribution is 7.99. The molecule has 1 heterocycles. The van der Waals surface area contributed by atoms with Crippen LogP contribution in [0.2, 0.25) is 5.02 Å². The largest absolute Gasteiger partial charge is 0.325 e. The van der Waals surface area contributed by atoms with Gasteiger partial charge in [-0.2, -0.15) is 0 Å². The van der Waals surface area contributed by atoms with Gasteiger partial charge in [0.2, 0.25) is 5.91 Å². The fraction of sp³-hybridized carbons (Fsp3) is 0.250. The number of amides is 1. The molecule has 178 valence electrons. The first-order valence-electron chi connectivity index (χ1n) is 12.0. The number of halogens is 1. The van der Waals surface area contributed by atoms with E-state index >= 15 is 0 Å². The summed E-state index contributed by atoms with van der Waals surface area (Å²) in [6.45, 7) is 0. The van der Waals surface area contributed by atoms with E-state index in [0.717, 1.165) is 29.4 Å². The van der Waals surface area contributed by atoms with Crippen LogP contribution in [0.3, 0.4) is 0 Å². The Labute approximate surface area is 214 Å². The number of thioether (sulfide) groups is 1. The van der Waals surface area contributed by atoms with Crippen molar-refractivity contribution in [2.45, 2.75) is 43.3 Å². The van der Waals surface area contributed by atoms with Crippen LogP contribution in [0.1, 0.15) is 38.1 Å². The number of nitrogens with one attached hydrogen (secondary N) is 1. The zero-order valence-corrected chi connectivity index (χ0v) is 20.9. The number of carbonyl (C=O) groups excluding carboxylic acids is 1. The summed E-state index contributed by atoms with van der Waals surface area (Å²) in [5.74, 6) is 1.03. The van der Waals surface area contributed by atoms with Crippen molar-refractivity contribution in [3.05, 3.63) is 83.9 Å².